The van der Waals surface area contributed by atoms with Crippen LogP contribution >= 0.6 is 0 Å². The molecule has 6 nitrogen and oxygen atoms in total. The number of benzene rings is 1. The average molecular weight is 218 g/mol. The third-order valence-electron chi connectivity index (χ3n) is 2.08. The van der Waals surface area contributed by atoms with E-state index in [9.17, 15) is 4.79 Å². The molecule has 0 aliphatic rings. The van der Waals surface area contributed by atoms with Crippen LogP contribution in [-0.2, 0) is 4.74 Å². The zero-order valence-corrected chi connectivity index (χ0v) is 8.62. The van der Waals surface area contributed by atoms with Gasteiger partial charge in [-0.15, -0.1) is 5.10 Å². The number of nitrogens with zero attached hydrogens (tertiary/aromatic N) is 3. The van der Waals surface area contributed by atoms with Crippen molar-refractivity contribution in [2.24, 2.45) is 0 Å². The number of nitrogen functional groups attached to an aromatic ring is 1. The van der Waals surface area contributed by atoms with E-state index >= 15 is 0 Å². The first kappa shape index (κ1) is 10.2. The fourth-order valence-electron chi connectivity index (χ4n) is 1.33. The Kier molecular flexibility index (Phi) is 2.55. The fraction of sp³-hybridized carbons (Fsp3) is 0.100. The first-order chi connectivity index (χ1) is 7.74. The highest BCUT2D eigenvalue weighted by molar-refractivity contribution is 5.92. The lowest BCUT2D eigenvalue weighted by Gasteiger charge is -2.04. The van der Waals surface area contributed by atoms with Gasteiger partial charge in [0.05, 0.1) is 12.8 Å². The number of aromatic nitrogens is 3. The lowest BCUT2D eigenvalue weighted by molar-refractivity contribution is 0.0591. The second-order valence-electron chi connectivity index (χ2n) is 3.06. The van der Waals surface area contributed by atoms with Gasteiger partial charge in [-0.2, -0.15) is 0 Å². The number of carbonyl (C=O) groups excluding carboxylic acids is 1. The number of nitrogens with two attached hydrogens (primary N) is 1. The Balaban J connectivity index is 2.55. The van der Waals surface area contributed by atoms with Gasteiger partial charge in [0.1, 0.15) is 0 Å². The monoisotopic (exact) mass is 218 g/mol. The van der Waals surface area contributed by atoms with Crippen molar-refractivity contribution in [3.63, 3.8) is 0 Å². The van der Waals surface area contributed by atoms with Crippen molar-refractivity contribution in [1.29, 1.82) is 0 Å². The summed E-state index contributed by atoms with van der Waals surface area (Å²) in [5, 5.41) is 7.45. The van der Waals surface area contributed by atoms with Gasteiger partial charge < -0.3 is 10.5 Å². The first-order valence-electron chi connectivity index (χ1n) is 4.59. The summed E-state index contributed by atoms with van der Waals surface area (Å²) >= 11 is 0. The molecule has 0 saturated carbocycles. The zero-order valence-electron chi connectivity index (χ0n) is 8.62. The number of rotatable bonds is 2. The molecular weight excluding hydrogens is 208 g/mol. The van der Waals surface area contributed by atoms with E-state index in [1.54, 1.807) is 12.1 Å². The molecule has 2 aromatic rings. The van der Waals surface area contributed by atoms with Crippen LogP contribution in [0.3, 0.4) is 0 Å². The maximum Gasteiger partial charge on any atom is 0.360 e. The quantitative estimate of drug-likeness (QED) is 0.748. The summed E-state index contributed by atoms with van der Waals surface area (Å²) in [6.45, 7) is 0. The Bertz CT molecular complexity index is 507. The topological polar surface area (TPSA) is 83.0 Å². The Morgan fingerprint density at radius 3 is 2.69 bits per heavy atom. The number of anilines is 1. The molecule has 1 heterocycles. The van der Waals surface area contributed by atoms with Gasteiger partial charge in [-0.1, -0.05) is 23.4 Å². The lowest BCUT2D eigenvalue weighted by Crippen LogP contribution is -2.12. The van der Waals surface area contributed by atoms with Gasteiger partial charge >= 0.3 is 5.97 Å². The lowest BCUT2D eigenvalue weighted by atomic mass is 10.3. The predicted molar refractivity (Wildman–Crippen MR) is 57.1 cm³/mol. The summed E-state index contributed by atoms with van der Waals surface area (Å²) in [5.74, 6) is -0.512. The molecule has 0 saturated heterocycles. The SMILES string of the molecule is COC(=O)c1c(N)nnn1-c1ccccc1. The molecule has 1 aromatic heterocycles. The number of esters is 1. The molecule has 2 N–H and O–H groups in total. The first-order valence-corrected chi connectivity index (χ1v) is 4.59. The second kappa shape index (κ2) is 4.01. The van der Waals surface area contributed by atoms with E-state index in [0.717, 1.165) is 0 Å². The van der Waals surface area contributed by atoms with Gasteiger partial charge in [0.25, 0.3) is 0 Å². The highest BCUT2D eigenvalue weighted by Gasteiger charge is 2.19. The number of hydrogen-bond acceptors (Lipinski definition) is 5. The van der Waals surface area contributed by atoms with E-state index in [4.69, 9.17) is 5.73 Å². The summed E-state index contributed by atoms with van der Waals surface area (Å²) in [6, 6.07) is 9.10. The number of hydrogen-bond donors (Lipinski definition) is 1. The Hall–Kier alpha value is -2.37. The molecule has 0 aliphatic carbocycles. The largest absolute Gasteiger partial charge is 0.464 e. The molecule has 6 heteroatoms. The van der Waals surface area contributed by atoms with Crippen LogP contribution in [0.15, 0.2) is 30.3 Å². The molecule has 2 rings (SSSR count). The van der Waals surface area contributed by atoms with Gasteiger partial charge in [0.2, 0.25) is 0 Å². The number of methoxy groups -OCH3 is 1. The van der Waals surface area contributed by atoms with Crippen LogP contribution < -0.4 is 5.73 Å². The Labute approximate surface area is 91.6 Å². The second-order valence-corrected chi connectivity index (χ2v) is 3.06. The summed E-state index contributed by atoms with van der Waals surface area (Å²) in [4.78, 5) is 11.5. The van der Waals surface area contributed by atoms with E-state index in [1.165, 1.54) is 11.8 Å². The molecule has 0 unspecified atom stereocenters. The van der Waals surface area contributed by atoms with E-state index in [2.05, 4.69) is 15.0 Å². The molecule has 0 radical (unpaired) electrons. The minimum atomic E-state index is -0.564. The summed E-state index contributed by atoms with van der Waals surface area (Å²) in [5.41, 5.74) is 6.39. The Morgan fingerprint density at radius 1 is 1.38 bits per heavy atom. The number of ether oxygens (including phenoxy) is 1. The smallest absolute Gasteiger partial charge is 0.360 e. The van der Waals surface area contributed by atoms with Gasteiger partial charge in [-0.3, -0.25) is 0 Å². The van der Waals surface area contributed by atoms with Gasteiger partial charge in [-0.25, -0.2) is 9.48 Å². The molecule has 16 heavy (non-hydrogen) atoms. The van der Waals surface area contributed by atoms with Crippen molar-refractivity contribution < 1.29 is 9.53 Å². The van der Waals surface area contributed by atoms with Crippen LogP contribution in [0.4, 0.5) is 5.82 Å². The standard InChI is InChI=1S/C10H10N4O2/c1-16-10(15)8-9(11)12-13-14(8)7-5-3-2-4-6-7/h2-6H,11H2,1H3. The maximum absolute atomic E-state index is 11.5. The van der Waals surface area contributed by atoms with E-state index < -0.39 is 5.97 Å². The van der Waals surface area contributed by atoms with E-state index in [1.807, 2.05) is 18.2 Å². The molecule has 0 spiro atoms. The molecule has 1 aromatic carbocycles. The van der Waals surface area contributed by atoms with Crippen molar-refractivity contribution in [3.8, 4) is 5.69 Å². The average Bonchev–Trinajstić information content (AvgIpc) is 2.71. The summed E-state index contributed by atoms with van der Waals surface area (Å²) in [7, 11) is 1.28. The molecule has 82 valence electrons. The summed E-state index contributed by atoms with van der Waals surface area (Å²) < 4.78 is 5.97. The van der Waals surface area contributed by atoms with E-state index in [-0.39, 0.29) is 11.5 Å². The van der Waals surface area contributed by atoms with Gasteiger partial charge in [0.15, 0.2) is 11.5 Å². The molecule has 0 bridgehead atoms. The normalized spacial score (nSPS) is 10.1. The number of para-hydroxylation sites is 1. The number of carbonyl (C=O) groups is 1. The predicted octanol–water partition coefficient (Wildman–Crippen LogP) is 0.636. The highest BCUT2D eigenvalue weighted by atomic mass is 16.5. The van der Waals surface area contributed by atoms with Crippen LogP contribution in [0, 0.1) is 0 Å². The van der Waals surface area contributed by atoms with Crippen molar-refractivity contribution >= 4 is 11.8 Å². The van der Waals surface area contributed by atoms with Crippen LogP contribution in [-0.4, -0.2) is 28.1 Å². The van der Waals surface area contributed by atoms with Crippen molar-refractivity contribution in [1.82, 2.24) is 15.0 Å². The minimum Gasteiger partial charge on any atom is -0.464 e. The van der Waals surface area contributed by atoms with Crippen molar-refractivity contribution in [2.45, 2.75) is 0 Å². The molecule has 0 amide bonds. The highest BCUT2D eigenvalue weighted by Crippen LogP contribution is 2.14. The van der Waals surface area contributed by atoms with Crippen molar-refractivity contribution in [3.05, 3.63) is 36.0 Å². The third-order valence-corrected chi connectivity index (χ3v) is 2.08. The van der Waals surface area contributed by atoms with Crippen LogP contribution in [0.1, 0.15) is 10.5 Å². The molecular formula is C10H10N4O2. The van der Waals surface area contributed by atoms with Crippen LogP contribution in [0.25, 0.3) is 5.69 Å². The van der Waals surface area contributed by atoms with Gasteiger partial charge in [0, 0.05) is 0 Å². The van der Waals surface area contributed by atoms with Crippen LogP contribution in [0.5, 0.6) is 0 Å². The maximum atomic E-state index is 11.5. The van der Waals surface area contributed by atoms with Crippen LogP contribution in [0.2, 0.25) is 0 Å². The molecule has 0 fully saturated rings. The van der Waals surface area contributed by atoms with E-state index in [0.29, 0.717) is 5.69 Å². The van der Waals surface area contributed by atoms with Gasteiger partial charge in [-0.05, 0) is 12.1 Å². The molecule has 0 atom stereocenters. The zero-order chi connectivity index (χ0) is 11.5. The van der Waals surface area contributed by atoms with Crippen molar-refractivity contribution in [2.75, 3.05) is 12.8 Å². The third kappa shape index (κ3) is 1.60. The summed E-state index contributed by atoms with van der Waals surface area (Å²) in [6.07, 6.45) is 0. The fourth-order valence-corrected chi connectivity index (χ4v) is 1.33. The minimum absolute atomic E-state index is 0.0516. The Morgan fingerprint density at radius 2 is 2.06 bits per heavy atom. The molecule has 0 aliphatic heterocycles.